The lowest BCUT2D eigenvalue weighted by Crippen LogP contribution is -1.98. The van der Waals surface area contributed by atoms with Crippen molar-refractivity contribution in [1.29, 1.82) is 0 Å². The molecule has 0 aliphatic rings. The molecule has 0 amide bonds. The van der Waals surface area contributed by atoms with Gasteiger partial charge >= 0.3 is 0 Å². The van der Waals surface area contributed by atoms with Crippen LogP contribution in [0.1, 0.15) is 18.1 Å². The molecule has 0 heterocycles. The Balaban J connectivity index is 2.05. The summed E-state index contributed by atoms with van der Waals surface area (Å²) in [6, 6.07) is 14.9. The largest absolute Gasteiger partial charge is 0.489 e. The smallest absolute Gasteiger partial charge is 0.120 e. The molecule has 0 aliphatic heterocycles. The lowest BCUT2D eigenvalue weighted by atomic mass is 10.1. The van der Waals surface area contributed by atoms with Crippen LogP contribution >= 0.6 is 11.6 Å². The van der Waals surface area contributed by atoms with Crippen molar-refractivity contribution in [3.63, 3.8) is 0 Å². The molecule has 0 atom stereocenters. The van der Waals surface area contributed by atoms with Gasteiger partial charge in [-0.25, -0.2) is 0 Å². The molecule has 0 saturated heterocycles. The minimum absolute atomic E-state index is 0.468. The second-order valence-corrected chi connectivity index (χ2v) is 4.56. The van der Waals surface area contributed by atoms with Gasteiger partial charge in [0, 0.05) is 10.6 Å². The van der Waals surface area contributed by atoms with Gasteiger partial charge in [0.15, 0.2) is 0 Å². The maximum atomic E-state index is 8.75. The highest BCUT2D eigenvalue weighted by Crippen LogP contribution is 2.17. The fourth-order valence-corrected chi connectivity index (χ4v) is 1.74. The minimum atomic E-state index is 0.468. The Hall–Kier alpha value is -2.00. The van der Waals surface area contributed by atoms with E-state index in [1.54, 1.807) is 6.92 Å². The molecule has 2 aromatic rings. The van der Waals surface area contributed by atoms with Gasteiger partial charge < -0.3 is 9.94 Å². The summed E-state index contributed by atoms with van der Waals surface area (Å²) in [5, 5.41) is 12.6. The van der Waals surface area contributed by atoms with E-state index >= 15 is 0 Å². The van der Waals surface area contributed by atoms with Crippen LogP contribution in [-0.4, -0.2) is 10.9 Å². The Morgan fingerprint density at radius 3 is 2.63 bits per heavy atom. The van der Waals surface area contributed by atoms with E-state index in [-0.39, 0.29) is 0 Å². The van der Waals surface area contributed by atoms with E-state index in [1.165, 1.54) is 0 Å². The summed E-state index contributed by atoms with van der Waals surface area (Å²) in [5.74, 6) is 0.732. The molecular weight excluding hydrogens is 262 g/mol. The molecule has 0 aliphatic carbocycles. The van der Waals surface area contributed by atoms with E-state index in [4.69, 9.17) is 21.5 Å². The third-order valence-corrected chi connectivity index (χ3v) is 2.97. The number of halogens is 1. The summed E-state index contributed by atoms with van der Waals surface area (Å²) >= 11 is 5.82. The van der Waals surface area contributed by atoms with Crippen LogP contribution in [0.3, 0.4) is 0 Å². The molecule has 4 heteroatoms. The van der Waals surface area contributed by atoms with Crippen LogP contribution in [0, 0.1) is 0 Å². The summed E-state index contributed by atoms with van der Waals surface area (Å²) in [6.07, 6.45) is 0. The molecule has 1 N–H and O–H groups in total. The van der Waals surface area contributed by atoms with Gasteiger partial charge in [-0.05, 0) is 36.8 Å². The molecule has 0 fully saturated rings. The summed E-state index contributed by atoms with van der Waals surface area (Å²) in [4.78, 5) is 0. The number of nitrogens with zero attached hydrogens (tertiary/aromatic N) is 1. The molecule has 0 saturated carbocycles. The van der Waals surface area contributed by atoms with E-state index in [1.807, 2.05) is 48.5 Å². The lowest BCUT2D eigenvalue weighted by Gasteiger charge is -2.08. The summed E-state index contributed by atoms with van der Waals surface area (Å²) in [7, 11) is 0. The predicted octanol–water partition coefficient (Wildman–Crippen LogP) is 4.12. The van der Waals surface area contributed by atoms with Crippen molar-refractivity contribution in [3.05, 3.63) is 64.7 Å². The topological polar surface area (TPSA) is 41.8 Å². The Labute approximate surface area is 117 Å². The third-order valence-electron chi connectivity index (χ3n) is 2.72. The average Bonchev–Trinajstić information content (AvgIpc) is 2.46. The number of rotatable bonds is 4. The number of ether oxygens (including phenoxy) is 1. The molecule has 19 heavy (non-hydrogen) atoms. The van der Waals surface area contributed by atoms with Crippen LogP contribution in [0.4, 0.5) is 0 Å². The lowest BCUT2D eigenvalue weighted by molar-refractivity contribution is 0.306. The van der Waals surface area contributed by atoms with Crippen molar-refractivity contribution in [2.75, 3.05) is 0 Å². The van der Waals surface area contributed by atoms with E-state index in [9.17, 15) is 0 Å². The summed E-state index contributed by atoms with van der Waals surface area (Å²) < 4.78 is 5.69. The third kappa shape index (κ3) is 3.73. The monoisotopic (exact) mass is 275 g/mol. The van der Waals surface area contributed by atoms with E-state index in [0.717, 1.165) is 16.9 Å². The number of hydrogen-bond acceptors (Lipinski definition) is 3. The first-order valence-electron chi connectivity index (χ1n) is 5.85. The number of oxime groups is 1. The van der Waals surface area contributed by atoms with Gasteiger partial charge in [-0.1, -0.05) is 41.0 Å². The van der Waals surface area contributed by atoms with Crippen LogP contribution in [0.5, 0.6) is 5.75 Å². The van der Waals surface area contributed by atoms with Gasteiger partial charge in [0.05, 0.1) is 5.71 Å². The molecule has 0 unspecified atom stereocenters. The summed E-state index contributed by atoms with van der Waals surface area (Å²) in [5.41, 5.74) is 2.43. The molecule has 3 nitrogen and oxygen atoms in total. The van der Waals surface area contributed by atoms with Crippen molar-refractivity contribution in [2.45, 2.75) is 13.5 Å². The van der Waals surface area contributed by atoms with Crippen molar-refractivity contribution in [2.24, 2.45) is 5.16 Å². The van der Waals surface area contributed by atoms with Gasteiger partial charge in [-0.3, -0.25) is 0 Å². The zero-order valence-electron chi connectivity index (χ0n) is 10.5. The summed E-state index contributed by atoms with van der Waals surface area (Å²) in [6.45, 7) is 2.20. The van der Waals surface area contributed by atoms with Gasteiger partial charge in [0.1, 0.15) is 12.4 Å². The van der Waals surface area contributed by atoms with Crippen molar-refractivity contribution in [3.8, 4) is 5.75 Å². The van der Waals surface area contributed by atoms with Crippen LogP contribution in [-0.2, 0) is 6.61 Å². The Morgan fingerprint density at radius 1 is 1.21 bits per heavy atom. The quantitative estimate of drug-likeness (QED) is 0.518. The van der Waals surface area contributed by atoms with E-state index < -0.39 is 0 Å². The molecule has 0 spiro atoms. The highest BCUT2D eigenvalue weighted by atomic mass is 35.5. The van der Waals surface area contributed by atoms with Gasteiger partial charge in [-0.2, -0.15) is 0 Å². The highest BCUT2D eigenvalue weighted by Gasteiger charge is 2.01. The zero-order chi connectivity index (χ0) is 13.7. The van der Waals surface area contributed by atoms with Crippen molar-refractivity contribution in [1.82, 2.24) is 0 Å². The standard InChI is InChI=1S/C15H14ClNO2/c1-11(17-18)13-3-2-4-15(9-13)19-10-12-5-7-14(16)8-6-12/h2-9,18H,10H2,1H3/b17-11+. The number of hydrogen-bond donors (Lipinski definition) is 1. The Bertz CT molecular complexity index is 579. The first kappa shape index (κ1) is 13.4. The fraction of sp³-hybridized carbons (Fsp3) is 0.133. The predicted molar refractivity (Wildman–Crippen MR) is 76.2 cm³/mol. The second-order valence-electron chi connectivity index (χ2n) is 4.13. The Kier molecular flexibility index (Phi) is 4.42. The molecule has 0 radical (unpaired) electrons. The average molecular weight is 276 g/mol. The minimum Gasteiger partial charge on any atom is -0.489 e. The normalized spacial score (nSPS) is 11.4. The maximum absolute atomic E-state index is 8.75. The number of benzene rings is 2. The van der Waals surface area contributed by atoms with E-state index in [2.05, 4.69) is 5.16 Å². The SMILES string of the molecule is C/C(=N\O)c1cccc(OCc2ccc(Cl)cc2)c1. The first-order chi connectivity index (χ1) is 9.19. The van der Waals surface area contributed by atoms with Crippen molar-refractivity contribution >= 4 is 17.3 Å². The molecule has 2 aromatic carbocycles. The molecular formula is C15H14ClNO2. The highest BCUT2D eigenvalue weighted by molar-refractivity contribution is 6.30. The van der Waals surface area contributed by atoms with Crippen LogP contribution in [0.2, 0.25) is 5.02 Å². The molecule has 2 rings (SSSR count). The zero-order valence-corrected chi connectivity index (χ0v) is 11.3. The van der Waals surface area contributed by atoms with Gasteiger partial charge in [0.25, 0.3) is 0 Å². The Morgan fingerprint density at radius 2 is 1.95 bits per heavy atom. The van der Waals surface area contributed by atoms with Gasteiger partial charge in [-0.15, -0.1) is 0 Å². The molecule has 98 valence electrons. The van der Waals surface area contributed by atoms with Crippen LogP contribution in [0.15, 0.2) is 53.7 Å². The van der Waals surface area contributed by atoms with Gasteiger partial charge in [0.2, 0.25) is 0 Å². The fourth-order valence-electron chi connectivity index (χ4n) is 1.62. The first-order valence-corrected chi connectivity index (χ1v) is 6.23. The van der Waals surface area contributed by atoms with E-state index in [0.29, 0.717) is 17.3 Å². The van der Waals surface area contributed by atoms with Crippen molar-refractivity contribution < 1.29 is 9.94 Å². The molecule has 0 bridgehead atoms. The van der Waals surface area contributed by atoms with Crippen LogP contribution in [0.25, 0.3) is 0 Å². The van der Waals surface area contributed by atoms with Crippen LogP contribution < -0.4 is 4.74 Å². The maximum Gasteiger partial charge on any atom is 0.120 e. The molecule has 0 aromatic heterocycles. The second kappa shape index (κ2) is 6.25.